The molecular formula is C16H20N4O2. The van der Waals surface area contributed by atoms with E-state index in [1.807, 2.05) is 6.07 Å². The summed E-state index contributed by atoms with van der Waals surface area (Å²) in [6.45, 7) is 1.89. The van der Waals surface area contributed by atoms with Crippen molar-refractivity contribution >= 4 is 22.3 Å². The molecule has 0 radical (unpaired) electrons. The number of hydrogen-bond acceptors (Lipinski definition) is 5. The quantitative estimate of drug-likeness (QED) is 0.644. The normalized spacial score (nSPS) is 18.9. The molecule has 1 aliphatic rings. The van der Waals surface area contributed by atoms with Crippen LogP contribution in [0.2, 0.25) is 0 Å². The topological polar surface area (TPSA) is 62.5 Å². The van der Waals surface area contributed by atoms with Gasteiger partial charge in [0.25, 0.3) is 5.69 Å². The van der Waals surface area contributed by atoms with Crippen LogP contribution < -0.4 is 4.90 Å². The van der Waals surface area contributed by atoms with Crippen molar-refractivity contribution in [3.05, 3.63) is 40.6 Å². The molecule has 2 aromatic rings. The van der Waals surface area contributed by atoms with E-state index in [1.54, 1.807) is 24.4 Å². The second kappa shape index (κ2) is 5.88. The molecule has 2 heterocycles. The first-order chi connectivity index (χ1) is 10.6. The highest BCUT2D eigenvalue weighted by atomic mass is 16.6. The lowest BCUT2D eigenvalue weighted by molar-refractivity contribution is -0.383. The maximum absolute atomic E-state index is 11.2. The number of hydrogen-bond donors (Lipinski definition) is 0. The standard InChI is InChI=1S/C16H20N4O2/c1-18(2)12-5-4-10-19(11-12)15-8-7-14(20(21)22)13-6-3-9-17-16(13)15/h3,6-9,12H,4-5,10-11H2,1-2H3. The Morgan fingerprint density at radius 3 is 2.91 bits per heavy atom. The summed E-state index contributed by atoms with van der Waals surface area (Å²) in [6.07, 6.45) is 4.00. The summed E-state index contributed by atoms with van der Waals surface area (Å²) >= 11 is 0. The number of fused-ring (bicyclic) bond motifs is 1. The molecule has 6 nitrogen and oxygen atoms in total. The maximum atomic E-state index is 11.2. The Kier molecular flexibility index (Phi) is 3.94. The summed E-state index contributed by atoms with van der Waals surface area (Å²) < 4.78 is 0. The zero-order valence-corrected chi connectivity index (χ0v) is 12.9. The number of nitrogens with zero attached hydrogens (tertiary/aromatic N) is 4. The summed E-state index contributed by atoms with van der Waals surface area (Å²) in [4.78, 5) is 19.8. The molecule has 0 N–H and O–H groups in total. The third-order valence-corrected chi connectivity index (χ3v) is 4.39. The van der Waals surface area contributed by atoms with Crippen LogP contribution in [0.5, 0.6) is 0 Å². The Hall–Kier alpha value is -2.21. The third-order valence-electron chi connectivity index (χ3n) is 4.39. The van der Waals surface area contributed by atoms with Crippen LogP contribution in [0, 0.1) is 10.1 Å². The van der Waals surface area contributed by atoms with Gasteiger partial charge in [-0.05, 0) is 45.1 Å². The average Bonchev–Trinajstić information content (AvgIpc) is 2.53. The monoisotopic (exact) mass is 300 g/mol. The first-order valence-corrected chi connectivity index (χ1v) is 7.51. The number of aromatic nitrogens is 1. The molecule has 6 heteroatoms. The van der Waals surface area contributed by atoms with Crippen LogP contribution in [0.1, 0.15) is 12.8 Å². The van der Waals surface area contributed by atoms with E-state index >= 15 is 0 Å². The lowest BCUT2D eigenvalue weighted by atomic mass is 10.0. The number of likely N-dealkylation sites (N-methyl/N-ethyl adjacent to an activating group) is 1. The van der Waals surface area contributed by atoms with Crippen molar-refractivity contribution in [1.82, 2.24) is 9.88 Å². The van der Waals surface area contributed by atoms with Crippen molar-refractivity contribution in [3.8, 4) is 0 Å². The van der Waals surface area contributed by atoms with Crippen molar-refractivity contribution in [1.29, 1.82) is 0 Å². The van der Waals surface area contributed by atoms with Gasteiger partial charge in [0, 0.05) is 31.4 Å². The summed E-state index contributed by atoms with van der Waals surface area (Å²) in [7, 11) is 4.20. The molecule has 1 aliphatic heterocycles. The largest absolute Gasteiger partial charge is 0.368 e. The minimum atomic E-state index is -0.341. The Bertz CT molecular complexity index is 702. The summed E-state index contributed by atoms with van der Waals surface area (Å²) in [6, 6.07) is 7.46. The number of pyridine rings is 1. The fraction of sp³-hybridized carbons (Fsp3) is 0.438. The molecule has 1 fully saturated rings. The zero-order chi connectivity index (χ0) is 15.7. The molecule has 1 atom stereocenters. The van der Waals surface area contributed by atoms with Gasteiger partial charge in [0.2, 0.25) is 0 Å². The molecule has 1 aromatic heterocycles. The molecule has 3 rings (SSSR count). The van der Waals surface area contributed by atoms with Crippen LogP contribution in [-0.2, 0) is 0 Å². The van der Waals surface area contributed by atoms with Crippen LogP contribution in [0.15, 0.2) is 30.5 Å². The molecule has 1 unspecified atom stereocenters. The average molecular weight is 300 g/mol. The SMILES string of the molecule is CN(C)C1CCCN(c2ccc([N+](=O)[O-])c3cccnc23)C1. The van der Waals surface area contributed by atoms with Crippen LogP contribution in [0.4, 0.5) is 11.4 Å². The molecule has 0 spiro atoms. The molecule has 0 amide bonds. The van der Waals surface area contributed by atoms with E-state index in [1.165, 1.54) is 6.42 Å². The van der Waals surface area contributed by atoms with Gasteiger partial charge in [0.05, 0.1) is 16.0 Å². The second-order valence-corrected chi connectivity index (χ2v) is 5.97. The van der Waals surface area contributed by atoms with Crippen molar-refractivity contribution in [2.24, 2.45) is 0 Å². The Labute approximate surface area is 129 Å². The molecule has 0 saturated carbocycles. The van der Waals surface area contributed by atoms with Gasteiger partial charge in [0.15, 0.2) is 0 Å². The van der Waals surface area contributed by atoms with Crippen LogP contribution in [-0.4, -0.2) is 48.0 Å². The van der Waals surface area contributed by atoms with E-state index in [2.05, 4.69) is 28.9 Å². The first kappa shape index (κ1) is 14.7. The van der Waals surface area contributed by atoms with Gasteiger partial charge in [-0.3, -0.25) is 15.1 Å². The van der Waals surface area contributed by atoms with Gasteiger partial charge in [-0.25, -0.2) is 0 Å². The highest BCUT2D eigenvalue weighted by molar-refractivity contribution is 5.97. The predicted molar refractivity (Wildman–Crippen MR) is 87.3 cm³/mol. The molecule has 0 bridgehead atoms. The van der Waals surface area contributed by atoms with Crippen LogP contribution in [0.3, 0.4) is 0 Å². The Morgan fingerprint density at radius 2 is 2.18 bits per heavy atom. The minimum absolute atomic E-state index is 0.119. The van der Waals surface area contributed by atoms with Gasteiger partial charge in [-0.1, -0.05) is 0 Å². The summed E-state index contributed by atoms with van der Waals surface area (Å²) in [5, 5.41) is 11.8. The molecule has 22 heavy (non-hydrogen) atoms. The van der Waals surface area contributed by atoms with E-state index in [9.17, 15) is 10.1 Å². The van der Waals surface area contributed by atoms with Crippen LogP contribution in [0.25, 0.3) is 10.9 Å². The van der Waals surface area contributed by atoms with E-state index < -0.39 is 0 Å². The Morgan fingerprint density at radius 1 is 1.36 bits per heavy atom. The fourth-order valence-electron chi connectivity index (χ4n) is 3.15. The predicted octanol–water partition coefficient (Wildman–Crippen LogP) is 2.67. The lowest BCUT2D eigenvalue weighted by Gasteiger charge is -2.37. The summed E-state index contributed by atoms with van der Waals surface area (Å²) in [5.41, 5.74) is 1.83. The summed E-state index contributed by atoms with van der Waals surface area (Å²) in [5.74, 6) is 0. The van der Waals surface area contributed by atoms with Gasteiger partial charge in [0.1, 0.15) is 5.52 Å². The highest BCUT2D eigenvalue weighted by Gasteiger charge is 2.24. The third kappa shape index (κ3) is 2.62. The number of non-ortho nitro benzene ring substituents is 1. The second-order valence-electron chi connectivity index (χ2n) is 5.97. The fourth-order valence-corrected chi connectivity index (χ4v) is 3.15. The van der Waals surface area contributed by atoms with Crippen molar-refractivity contribution in [2.75, 3.05) is 32.1 Å². The highest BCUT2D eigenvalue weighted by Crippen LogP contribution is 2.33. The molecule has 1 saturated heterocycles. The van der Waals surface area contributed by atoms with Gasteiger partial charge >= 0.3 is 0 Å². The maximum Gasteiger partial charge on any atom is 0.278 e. The number of benzene rings is 1. The Balaban J connectivity index is 2.04. The van der Waals surface area contributed by atoms with Crippen LogP contribution >= 0.6 is 0 Å². The van der Waals surface area contributed by atoms with E-state index in [0.29, 0.717) is 11.4 Å². The smallest absolute Gasteiger partial charge is 0.278 e. The van der Waals surface area contributed by atoms with E-state index in [4.69, 9.17) is 0 Å². The van der Waals surface area contributed by atoms with Crippen molar-refractivity contribution < 1.29 is 4.92 Å². The number of anilines is 1. The number of rotatable bonds is 3. The molecule has 0 aliphatic carbocycles. The van der Waals surface area contributed by atoms with Crippen molar-refractivity contribution in [3.63, 3.8) is 0 Å². The lowest BCUT2D eigenvalue weighted by Crippen LogP contribution is -2.45. The number of nitro groups is 1. The zero-order valence-electron chi connectivity index (χ0n) is 12.9. The molecular weight excluding hydrogens is 280 g/mol. The molecule has 116 valence electrons. The van der Waals surface area contributed by atoms with Gasteiger partial charge < -0.3 is 9.80 Å². The van der Waals surface area contributed by atoms with Gasteiger partial charge in [-0.2, -0.15) is 0 Å². The first-order valence-electron chi connectivity index (χ1n) is 7.51. The minimum Gasteiger partial charge on any atom is -0.368 e. The number of nitro benzene ring substituents is 1. The van der Waals surface area contributed by atoms with Gasteiger partial charge in [-0.15, -0.1) is 0 Å². The van der Waals surface area contributed by atoms with E-state index in [-0.39, 0.29) is 10.6 Å². The number of piperidine rings is 1. The molecule has 1 aromatic carbocycles. The van der Waals surface area contributed by atoms with E-state index in [0.717, 1.165) is 30.7 Å². The van der Waals surface area contributed by atoms with Crippen molar-refractivity contribution in [2.45, 2.75) is 18.9 Å².